The second kappa shape index (κ2) is 13.0. The monoisotopic (exact) mass is 772 g/mol. The second-order valence-electron chi connectivity index (χ2n) is 15.2. The van der Waals surface area contributed by atoms with Crippen LogP contribution in [0.25, 0.3) is 75.2 Å². The van der Waals surface area contributed by atoms with Gasteiger partial charge in [0.25, 0.3) is 0 Å². The van der Waals surface area contributed by atoms with Crippen molar-refractivity contribution in [1.29, 1.82) is 0 Å². The van der Waals surface area contributed by atoms with Gasteiger partial charge in [0.05, 0.1) is 22.1 Å². The van der Waals surface area contributed by atoms with Crippen molar-refractivity contribution >= 4 is 104 Å². The van der Waals surface area contributed by atoms with Crippen LogP contribution in [-0.4, -0.2) is 17.2 Å². The number of rotatable bonds is 6. The molecule has 12 rings (SSSR count). The maximum atomic E-state index is 2.47. The van der Waals surface area contributed by atoms with Gasteiger partial charge in [0.15, 0.2) is 8.07 Å². The van der Waals surface area contributed by atoms with Gasteiger partial charge in [-0.2, -0.15) is 0 Å². The molecule has 0 amide bonds. The molecular weight excluding hydrogens is 737 g/mol. The van der Waals surface area contributed by atoms with Gasteiger partial charge < -0.3 is 9.13 Å². The first-order valence-corrected chi connectivity index (χ1v) is 22.8. The van der Waals surface area contributed by atoms with E-state index in [0.29, 0.717) is 0 Å². The Balaban J connectivity index is 1.07. The van der Waals surface area contributed by atoms with Crippen LogP contribution < -0.4 is 20.7 Å². The Morgan fingerprint density at radius 2 is 0.690 bits per heavy atom. The van der Waals surface area contributed by atoms with Crippen molar-refractivity contribution in [3.8, 4) is 11.4 Å². The van der Waals surface area contributed by atoms with E-state index in [-0.39, 0.29) is 0 Å². The predicted octanol–water partition coefficient (Wildman–Crippen LogP) is 11.6. The minimum absolute atomic E-state index is 1.17. The normalized spacial score (nSPS) is 12.1. The molecule has 0 saturated carbocycles. The number of para-hydroxylation sites is 3. The van der Waals surface area contributed by atoms with Crippen LogP contribution in [0.1, 0.15) is 0 Å². The van der Waals surface area contributed by atoms with E-state index in [1.807, 2.05) is 11.3 Å². The molecule has 3 aromatic heterocycles. The molecule has 0 aliphatic heterocycles. The smallest absolute Gasteiger partial charge is 0.179 e. The molecule has 9 aromatic carbocycles. The molecule has 4 heteroatoms. The summed E-state index contributed by atoms with van der Waals surface area (Å²) in [4.78, 5) is 0. The molecule has 272 valence electrons. The summed E-state index contributed by atoms with van der Waals surface area (Å²) < 4.78 is 7.54. The molecule has 0 aliphatic rings. The Morgan fingerprint density at radius 3 is 1.24 bits per heavy atom. The largest absolute Gasteiger partial charge is 0.309 e. The fourth-order valence-corrected chi connectivity index (χ4v) is 15.7. The molecular formula is C54H36N2SSi. The molecule has 58 heavy (non-hydrogen) atoms. The van der Waals surface area contributed by atoms with Gasteiger partial charge in [0.1, 0.15) is 0 Å². The fourth-order valence-electron chi connectivity index (χ4n) is 9.85. The summed E-state index contributed by atoms with van der Waals surface area (Å²) in [5.74, 6) is 0. The first-order valence-electron chi connectivity index (χ1n) is 19.9. The number of thiophene rings is 1. The number of hydrogen-bond donors (Lipinski definition) is 0. The van der Waals surface area contributed by atoms with Crippen LogP contribution in [0.4, 0.5) is 0 Å². The van der Waals surface area contributed by atoms with Crippen LogP contribution in [-0.2, 0) is 0 Å². The summed E-state index contributed by atoms with van der Waals surface area (Å²) in [5, 5.41) is 13.3. The summed E-state index contributed by atoms with van der Waals surface area (Å²) in [6.45, 7) is 0. The minimum atomic E-state index is -2.81. The third kappa shape index (κ3) is 4.76. The number of aromatic nitrogens is 2. The summed E-state index contributed by atoms with van der Waals surface area (Å²) >= 11 is 1.88. The van der Waals surface area contributed by atoms with E-state index in [4.69, 9.17) is 0 Å². The highest BCUT2D eigenvalue weighted by molar-refractivity contribution is 7.26. The summed E-state index contributed by atoms with van der Waals surface area (Å²) in [5.41, 5.74) is 7.24. The Bertz CT molecular complexity index is 3390. The predicted molar refractivity (Wildman–Crippen MR) is 252 cm³/mol. The van der Waals surface area contributed by atoms with Crippen molar-refractivity contribution in [2.45, 2.75) is 0 Å². The zero-order valence-corrected chi connectivity index (χ0v) is 33.4. The molecule has 0 radical (unpaired) electrons. The molecule has 0 unspecified atom stereocenters. The lowest BCUT2D eigenvalue weighted by molar-refractivity contribution is 1.18. The van der Waals surface area contributed by atoms with Gasteiger partial charge >= 0.3 is 0 Å². The first kappa shape index (κ1) is 33.2. The molecule has 0 saturated heterocycles. The lowest BCUT2D eigenvalue weighted by Gasteiger charge is -2.34. The highest BCUT2D eigenvalue weighted by Gasteiger charge is 2.41. The Kier molecular flexibility index (Phi) is 7.46. The molecule has 0 bridgehead atoms. The highest BCUT2D eigenvalue weighted by Crippen LogP contribution is 2.43. The van der Waals surface area contributed by atoms with Crippen molar-refractivity contribution in [2.75, 3.05) is 0 Å². The van der Waals surface area contributed by atoms with E-state index >= 15 is 0 Å². The highest BCUT2D eigenvalue weighted by atomic mass is 32.1. The third-order valence-corrected chi connectivity index (χ3v) is 18.2. The second-order valence-corrected chi connectivity index (χ2v) is 20.1. The topological polar surface area (TPSA) is 9.86 Å². The zero-order valence-electron chi connectivity index (χ0n) is 31.6. The Hall–Kier alpha value is -6.98. The number of fused-ring (bicyclic) bond motifs is 10. The molecule has 0 N–H and O–H groups in total. The zero-order chi connectivity index (χ0) is 38.2. The number of benzene rings is 9. The van der Waals surface area contributed by atoms with E-state index in [0.717, 1.165) is 0 Å². The molecule has 12 aromatic rings. The summed E-state index contributed by atoms with van der Waals surface area (Å²) in [6.07, 6.45) is 0. The molecule has 0 fully saturated rings. The van der Waals surface area contributed by atoms with Crippen LogP contribution in [0.3, 0.4) is 0 Å². The average Bonchev–Trinajstić information content (AvgIpc) is 3.96. The van der Waals surface area contributed by atoms with Crippen LogP contribution in [0, 0.1) is 0 Å². The summed E-state index contributed by atoms with van der Waals surface area (Å²) in [6, 6.07) is 81.4. The quantitative estimate of drug-likeness (QED) is 0.118. The van der Waals surface area contributed by atoms with Crippen LogP contribution >= 0.6 is 11.3 Å². The first-order chi connectivity index (χ1) is 28.8. The van der Waals surface area contributed by atoms with Gasteiger partial charge in [-0.05, 0) is 81.4 Å². The van der Waals surface area contributed by atoms with Gasteiger partial charge in [0, 0.05) is 53.1 Å². The number of nitrogens with zero attached hydrogens (tertiary/aromatic N) is 2. The Morgan fingerprint density at radius 1 is 0.276 bits per heavy atom. The van der Waals surface area contributed by atoms with Gasteiger partial charge in [-0.3, -0.25) is 0 Å². The molecule has 2 nitrogen and oxygen atoms in total. The van der Waals surface area contributed by atoms with E-state index in [2.05, 4.69) is 228 Å². The van der Waals surface area contributed by atoms with Crippen molar-refractivity contribution in [3.05, 3.63) is 218 Å². The molecule has 0 atom stereocenters. The van der Waals surface area contributed by atoms with Gasteiger partial charge in [-0.15, -0.1) is 11.3 Å². The van der Waals surface area contributed by atoms with Gasteiger partial charge in [-0.1, -0.05) is 158 Å². The van der Waals surface area contributed by atoms with Crippen LogP contribution in [0.2, 0.25) is 0 Å². The minimum Gasteiger partial charge on any atom is -0.309 e. The summed E-state index contributed by atoms with van der Waals surface area (Å²) in [7, 11) is -2.81. The lowest BCUT2D eigenvalue weighted by atomic mass is 10.1. The SMILES string of the molecule is c1ccc([Si](c2ccccc2)(c2ccc(-n3c4ccccc4c4ccccc43)cc2)c2ccc(-n3c4ccccc4c4c5c(ccc43)sc3ccccc35)cc2)cc1. The molecule has 0 aliphatic carbocycles. The third-order valence-electron chi connectivity index (χ3n) is 12.3. The number of hydrogen-bond acceptors (Lipinski definition) is 1. The van der Waals surface area contributed by atoms with Crippen molar-refractivity contribution in [2.24, 2.45) is 0 Å². The average molecular weight is 773 g/mol. The molecule has 0 spiro atoms. The maximum Gasteiger partial charge on any atom is 0.179 e. The van der Waals surface area contributed by atoms with E-state index in [1.54, 1.807) is 0 Å². The fraction of sp³-hybridized carbons (Fsp3) is 0. The maximum absolute atomic E-state index is 2.81. The van der Waals surface area contributed by atoms with Crippen LogP contribution in [0.15, 0.2) is 218 Å². The van der Waals surface area contributed by atoms with Gasteiger partial charge in [0.2, 0.25) is 0 Å². The molecule has 3 heterocycles. The van der Waals surface area contributed by atoms with E-state index < -0.39 is 8.07 Å². The van der Waals surface area contributed by atoms with Crippen molar-refractivity contribution in [1.82, 2.24) is 9.13 Å². The lowest BCUT2D eigenvalue weighted by Crippen LogP contribution is -2.74. The van der Waals surface area contributed by atoms with E-state index in [1.165, 1.54) is 95.9 Å². The van der Waals surface area contributed by atoms with Crippen molar-refractivity contribution < 1.29 is 0 Å². The van der Waals surface area contributed by atoms with Gasteiger partial charge in [-0.25, -0.2) is 0 Å². The Labute approximate surface area is 341 Å². The van der Waals surface area contributed by atoms with E-state index in [9.17, 15) is 0 Å². The van der Waals surface area contributed by atoms with Crippen LogP contribution in [0.5, 0.6) is 0 Å². The standard InChI is InChI=1S/C54H36N2SSi/c1-3-15-39(16-4-1)58(40-17-5-2-6-18-40,41-31-27-37(28-32-41)55-47-23-11-7-19-43(47)44-20-8-12-24-48(44)55)42-33-29-38(30-34-42)56-49-25-13-9-21-45(49)53-50(56)35-36-52-54(53)46-22-10-14-26-51(46)57-52/h1-36H. The van der Waals surface area contributed by atoms with Crippen molar-refractivity contribution in [3.63, 3.8) is 0 Å².